The molecule has 2 aromatic rings. The number of benzene rings is 2. The number of sulfonamides is 1. The van der Waals surface area contributed by atoms with Crippen LogP contribution in [0.5, 0.6) is 0 Å². The molecule has 136 valence electrons. The Bertz CT molecular complexity index is 1060. The van der Waals surface area contributed by atoms with Crippen LogP contribution in [0.2, 0.25) is 5.02 Å². The number of rotatable bonds is 3. The van der Waals surface area contributed by atoms with Gasteiger partial charge in [0.05, 0.1) is 15.5 Å². The number of ether oxygens (including phenoxy) is 1. The predicted molar refractivity (Wildman–Crippen MR) is 96.2 cm³/mol. The summed E-state index contributed by atoms with van der Waals surface area (Å²) in [5.74, 6) is -0.663. The topological polar surface area (TPSA) is 86.5 Å². The lowest BCUT2D eigenvalue weighted by atomic mass is 9.92. The van der Waals surface area contributed by atoms with Crippen LogP contribution >= 0.6 is 11.6 Å². The molecular weight excluding hydrogens is 381 g/mol. The molecule has 2 aromatic carbocycles. The molecule has 1 aliphatic rings. The molecule has 1 heterocycles. The van der Waals surface area contributed by atoms with Gasteiger partial charge in [0.25, 0.3) is 0 Å². The van der Waals surface area contributed by atoms with Crippen molar-refractivity contribution in [3.63, 3.8) is 0 Å². The molecule has 0 fully saturated rings. The second kappa shape index (κ2) is 6.19. The van der Waals surface area contributed by atoms with Crippen LogP contribution < -0.4 is 5.14 Å². The molecule has 0 saturated carbocycles. The summed E-state index contributed by atoms with van der Waals surface area (Å²) in [6.07, 6.45) is 0. The van der Waals surface area contributed by atoms with E-state index in [1.165, 1.54) is 36.4 Å². The highest BCUT2D eigenvalue weighted by atomic mass is 35.5. The van der Waals surface area contributed by atoms with E-state index in [1.54, 1.807) is 19.9 Å². The Morgan fingerprint density at radius 3 is 2.42 bits per heavy atom. The van der Waals surface area contributed by atoms with Crippen molar-refractivity contribution in [1.29, 1.82) is 0 Å². The smallest absolute Gasteiger partial charge is 0.238 e. The van der Waals surface area contributed by atoms with Crippen LogP contribution in [0.25, 0.3) is 11.3 Å². The minimum atomic E-state index is -3.93. The van der Waals surface area contributed by atoms with E-state index >= 15 is 0 Å². The lowest BCUT2D eigenvalue weighted by molar-refractivity contribution is -0.125. The van der Waals surface area contributed by atoms with Gasteiger partial charge in [0, 0.05) is 5.56 Å². The van der Waals surface area contributed by atoms with Crippen LogP contribution in [0, 0.1) is 5.82 Å². The SMILES string of the molecule is CC1(C)OC(c2ccc(S(N)(=O)=O)cc2Cl)=C(c2cccc(F)c2)C1=O. The van der Waals surface area contributed by atoms with Crippen molar-refractivity contribution in [3.05, 3.63) is 64.4 Å². The molecule has 5 nitrogen and oxygen atoms in total. The Labute approximate surface area is 155 Å². The number of Topliss-reactive ketones (excluding diaryl/α,β-unsaturated/α-hetero) is 1. The standard InChI is InChI=1S/C18H15ClFNO4S/c1-18(2)17(22)15(10-4-3-5-11(20)8-10)16(25-18)13-7-6-12(9-14(13)19)26(21,23)24/h3-9H,1-2H3,(H2,21,23,24). The van der Waals surface area contributed by atoms with Crippen LogP contribution in [-0.2, 0) is 19.6 Å². The number of hydrogen-bond acceptors (Lipinski definition) is 4. The average molecular weight is 396 g/mol. The Hall–Kier alpha value is -2.22. The molecule has 8 heteroatoms. The molecule has 0 saturated heterocycles. The summed E-state index contributed by atoms with van der Waals surface area (Å²) >= 11 is 6.22. The van der Waals surface area contributed by atoms with Crippen molar-refractivity contribution < 1.29 is 22.3 Å². The minimum absolute atomic E-state index is 0.0472. The zero-order chi connectivity index (χ0) is 19.3. The maximum atomic E-state index is 13.7. The van der Waals surface area contributed by atoms with Gasteiger partial charge in [-0.15, -0.1) is 0 Å². The van der Waals surface area contributed by atoms with Gasteiger partial charge in [-0.25, -0.2) is 17.9 Å². The number of hydrogen-bond donors (Lipinski definition) is 1. The highest BCUT2D eigenvalue weighted by Crippen LogP contribution is 2.43. The zero-order valence-corrected chi connectivity index (χ0v) is 15.5. The van der Waals surface area contributed by atoms with Crippen LogP contribution in [-0.4, -0.2) is 19.8 Å². The van der Waals surface area contributed by atoms with Gasteiger partial charge in [-0.1, -0.05) is 23.7 Å². The third-order valence-electron chi connectivity index (χ3n) is 3.99. The maximum absolute atomic E-state index is 13.7. The van der Waals surface area contributed by atoms with Gasteiger partial charge in [0.1, 0.15) is 11.6 Å². The van der Waals surface area contributed by atoms with E-state index in [0.29, 0.717) is 11.1 Å². The quantitative estimate of drug-likeness (QED) is 0.863. The molecule has 0 aromatic heterocycles. The predicted octanol–water partition coefficient (Wildman–Crippen LogP) is 3.37. The highest BCUT2D eigenvalue weighted by molar-refractivity contribution is 7.89. The number of carbonyl (C=O) groups excluding carboxylic acids is 1. The van der Waals surface area contributed by atoms with Gasteiger partial charge in [0.2, 0.25) is 15.8 Å². The molecule has 0 bridgehead atoms. The summed E-state index contributed by atoms with van der Waals surface area (Å²) in [7, 11) is -3.93. The molecule has 0 spiro atoms. The maximum Gasteiger partial charge on any atom is 0.238 e. The second-order valence-corrected chi connectivity index (χ2v) is 8.31. The molecule has 3 rings (SSSR count). The van der Waals surface area contributed by atoms with E-state index in [0.717, 1.165) is 0 Å². The Morgan fingerprint density at radius 2 is 1.85 bits per heavy atom. The third-order valence-corrected chi connectivity index (χ3v) is 5.21. The van der Waals surface area contributed by atoms with Gasteiger partial charge < -0.3 is 4.74 Å². The molecule has 0 radical (unpaired) electrons. The van der Waals surface area contributed by atoms with E-state index in [2.05, 4.69) is 0 Å². The van der Waals surface area contributed by atoms with Crippen molar-refractivity contribution in [1.82, 2.24) is 0 Å². The summed E-state index contributed by atoms with van der Waals surface area (Å²) < 4.78 is 42.4. The molecule has 0 amide bonds. The molecule has 0 atom stereocenters. The van der Waals surface area contributed by atoms with E-state index in [1.807, 2.05) is 0 Å². The Morgan fingerprint density at radius 1 is 1.15 bits per heavy atom. The first-order valence-electron chi connectivity index (χ1n) is 7.57. The minimum Gasteiger partial charge on any atom is -0.478 e. The van der Waals surface area contributed by atoms with Crippen LogP contribution in [0.3, 0.4) is 0 Å². The third kappa shape index (κ3) is 3.25. The van der Waals surface area contributed by atoms with E-state index < -0.39 is 21.4 Å². The summed E-state index contributed by atoms with van der Waals surface area (Å²) in [5, 5.41) is 5.15. The fourth-order valence-electron chi connectivity index (χ4n) is 2.71. The van der Waals surface area contributed by atoms with Gasteiger partial charge in [-0.2, -0.15) is 0 Å². The first-order chi connectivity index (χ1) is 12.0. The largest absolute Gasteiger partial charge is 0.478 e. The Balaban J connectivity index is 2.24. The van der Waals surface area contributed by atoms with E-state index in [9.17, 15) is 17.6 Å². The molecule has 0 aliphatic carbocycles. The average Bonchev–Trinajstić information content (AvgIpc) is 2.76. The molecule has 0 unspecified atom stereocenters. The summed E-state index contributed by atoms with van der Waals surface area (Å²) in [6, 6.07) is 9.43. The van der Waals surface area contributed by atoms with Crippen molar-refractivity contribution in [2.75, 3.05) is 0 Å². The Kier molecular flexibility index (Phi) is 4.42. The zero-order valence-electron chi connectivity index (χ0n) is 13.9. The first-order valence-corrected chi connectivity index (χ1v) is 9.50. The van der Waals surface area contributed by atoms with Crippen molar-refractivity contribution in [3.8, 4) is 0 Å². The number of carbonyl (C=O) groups is 1. The van der Waals surface area contributed by atoms with Crippen molar-refractivity contribution >= 4 is 38.7 Å². The molecular formula is C18H15ClFNO4S. The van der Waals surface area contributed by atoms with Crippen molar-refractivity contribution in [2.45, 2.75) is 24.3 Å². The number of nitrogens with two attached hydrogens (primary N) is 1. The van der Waals surface area contributed by atoms with E-state index in [4.69, 9.17) is 21.5 Å². The molecule has 1 aliphatic heterocycles. The second-order valence-electron chi connectivity index (χ2n) is 6.34. The highest BCUT2D eigenvalue weighted by Gasteiger charge is 2.43. The van der Waals surface area contributed by atoms with E-state index in [-0.39, 0.29) is 27.0 Å². The molecule has 26 heavy (non-hydrogen) atoms. The summed E-state index contributed by atoms with van der Waals surface area (Å²) in [5.41, 5.74) is -0.321. The van der Waals surface area contributed by atoms with Crippen molar-refractivity contribution in [2.24, 2.45) is 5.14 Å². The summed E-state index contributed by atoms with van der Waals surface area (Å²) in [6.45, 7) is 3.18. The van der Waals surface area contributed by atoms with Gasteiger partial charge in [-0.05, 0) is 49.7 Å². The molecule has 2 N–H and O–H groups in total. The summed E-state index contributed by atoms with van der Waals surface area (Å²) in [4.78, 5) is 12.6. The van der Waals surface area contributed by atoms with Gasteiger partial charge >= 0.3 is 0 Å². The monoisotopic (exact) mass is 395 g/mol. The fraction of sp³-hybridized carbons (Fsp3) is 0.167. The van der Waals surface area contributed by atoms with Gasteiger partial charge in [0.15, 0.2) is 5.60 Å². The van der Waals surface area contributed by atoms with Crippen LogP contribution in [0.15, 0.2) is 47.4 Å². The van der Waals surface area contributed by atoms with Gasteiger partial charge in [-0.3, -0.25) is 4.79 Å². The number of halogens is 2. The fourth-order valence-corrected chi connectivity index (χ4v) is 3.58. The lowest BCUT2D eigenvalue weighted by Crippen LogP contribution is -2.29. The number of ketones is 1. The lowest BCUT2D eigenvalue weighted by Gasteiger charge is -2.18. The van der Waals surface area contributed by atoms with Crippen LogP contribution in [0.4, 0.5) is 4.39 Å². The first kappa shape index (κ1) is 18.6. The normalized spacial score (nSPS) is 16.7. The number of primary sulfonamides is 1. The van der Waals surface area contributed by atoms with Crippen LogP contribution in [0.1, 0.15) is 25.0 Å².